The first-order valence-electron chi connectivity index (χ1n) is 6.99. The molecule has 106 valence electrons. The summed E-state index contributed by atoms with van der Waals surface area (Å²) in [6.45, 7) is 5.47. The van der Waals surface area contributed by atoms with E-state index in [1.165, 1.54) is 24.9 Å². The zero-order valence-electron chi connectivity index (χ0n) is 11.6. The molecule has 0 spiro atoms. The zero-order valence-corrected chi connectivity index (χ0v) is 14.0. The smallest absolute Gasteiger partial charge is 0.0548 e. The topological polar surface area (TPSA) is 15.3 Å². The van der Waals surface area contributed by atoms with Gasteiger partial charge < -0.3 is 5.32 Å². The number of likely N-dealkylation sites (tertiary alicyclic amines) is 1. The van der Waals surface area contributed by atoms with Gasteiger partial charge in [-0.2, -0.15) is 0 Å². The number of piperidine rings is 1. The summed E-state index contributed by atoms with van der Waals surface area (Å²) >= 11 is 9.64. The van der Waals surface area contributed by atoms with E-state index in [4.69, 9.17) is 11.6 Å². The van der Waals surface area contributed by atoms with E-state index in [1.54, 1.807) is 0 Å². The Balaban J connectivity index is 2.22. The van der Waals surface area contributed by atoms with Crippen LogP contribution in [-0.4, -0.2) is 31.6 Å². The predicted molar refractivity (Wildman–Crippen MR) is 85.8 cm³/mol. The minimum absolute atomic E-state index is 0.487. The van der Waals surface area contributed by atoms with Crippen molar-refractivity contribution < 1.29 is 0 Å². The highest BCUT2D eigenvalue weighted by molar-refractivity contribution is 9.10. The summed E-state index contributed by atoms with van der Waals surface area (Å²) in [6, 6.07) is 6.82. The second-order valence-electron chi connectivity index (χ2n) is 5.31. The number of nitrogens with one attached hydrogen (secondary N) is 1. The summed E-state index contributed by atoms with van der Waals surface area (Å²) in [4.78, 5) is 2.47. The van der Waals surface area contributed by atoms with Gasteiger partial charge in [0.15, 0.2) is 0 Å². The van der Waals surface area contributed by atoms with Crippen molar-refractivity contribution in [1.29, 1.82) is 0 Å². The molecule has 19 heavy (non-hydrogen) atoms. The van der Waals surface area contributed by atoms with Crippen LogP contribution in [0.5, 0.6) is 0 Å². The maximum Gasteiger partial charge on any atom is 0.0548 e. The molecule has 0 bridgehead atoms. The van der Waals surface area contributed by atoms with Crippen molar-refractivity contribution >= 4 is 27.5 Å². The van der Waals surface area contributed by atoms with Crippen LogP contribution in [0, 0.1) is 5.92 Å². The predicted octanol–water partition coefficient (Wildman–Crippen LogP) is 4.09. The molecule has 0 aromatic heterocycles. The first kappa shape index (κ1) is 15.3. The van der Waals surface area contributed by atoms with Crippen molar-refractivity contribution in [1.82, 2.24) is 10.2 Å². The van der Waals surface area contributed by atoms with Crippen molar-refractivity contribution in [3.63, 3.8) is 0 Å². The molecular weight excluding hydrogens is 324 g/mol. The number of halogens is 2. The molecule has 0 saturated carbocycles. The standard InChI is InChI=1S/C15H22BrClN2/c1-3-18-10-12-5-4-8-19(2)15(12)11-6-7-14(17)13(16)9-11/h6-7,9,12,15,18H,3-5,8,10H2,1-2H3. The minimum atomic E-state index is 0.487. The molecule has 2 rings (SSSR count). The maximum atomic E-state index is 6.10. The summed E-state index contributed by atoms with van der Waals surface area (Å²) in [6.07, 6.45) is 2.58. The Kier molecular flexibility index (Phi) is 5.70. The van der Waals surface area contributed by atoms with Crippen molar-refractivity contribution in [2.24, 2.45) is 5.92 Å². The van der Waals surface area contributed by atoms with E-state index in [-0.39, 0.29) is 0 Å². The number of nitrogens with zero attached hydrogens (tertiary/aromatic N) is 1. The lowest BCUT2D eigenvalue weighted by Gasteiger charge is -2.40. The van der Waals surface area contributed by atoms with E-state index in [1.807, 2.05) is 6.07 Å². The molecule has 2 nitrogen and oxygen atoms in total. The van der Waals surface area contributed by atoms with Gasteiger partial charge in [0.05, 0.1) is 5.02 Å². The molecule has 1 N–H and O–H groups in total. The van der Waals surface area contributed by atoms with Crippen LogP contribution in [0.15, 0.2) is 22.7 Å². The van der Waals surface area contributed by atoms with E-state index in [0.717, 1.165) is 22.6 Å². The molecule has 1 fully saturated rings. The molecular formula is C15H22BrClN2. The van der Waals surface area contributed by atoms with Gasteiger partial charge in [-0.1, -0.05) is 24.6 Å². The van der Waals surface area contributed by atoms with Gasteiger partial charge in [0.1, 0.15) is 0 Å². The highest BCUT2D eigenvalue weighted by atomic mass is 79.9. The summed E-state index contributed by atoms with van der Waals surface area (Å²) < 4.78 is 0.993. The van der Waals surface area contributed by atoms with E-state index in [0.29, 0.717) is 12.0 Å². The lowest BCUT2D eigenvalue weighted by Crippen LogP contribution is -2.40. The molecule has 1 heterocycles. The third kappa shape index (κ3) is 3.72. The van der Waals surface area contributed by atoms with Gasteiger partial charge in [0.25, 0.3) is 0 Å². The van der Waals surface area contributed by atoms with Crippen LogP contribution in [-0.2, 0) is 0 Å². The van der Waals surface area contributed by atoms with Gasteiger partial charge in [-0.05, 0) is 79.1 Å². The first-order valence-corrected chi connectivity index (χ1v) is 8.16. The molecule has 1 saturated heterocycles. The fourth-order valence-corrected chi connectivity index (χ4v) is 3.54. The summed E-state index contributed by atoms with van der Waals surface area (Å²) in [5.74, 6) is 0.673. The van der Waals surface area contributed by atoms with Crippen molar-refractivity contribution in [2.45, 2.75) is 25.8 Å². The lowest BCUT2D eigenvalue weighted by molar-refractivity contribution is 0.120. The van der Waals surface area contributed by atoms with Crippen LogP contribution in [0.25, 0.3) is 0 Å². The summed E-state index contributed by atoms with van der Waals surface area (Å²) in [5.41, 5.74) is 1.36. The quantitative estimate of drug-likeness (QED) is 0.884. The third-order valence-corrected chi connectivity index (χ3v) is 5.16. The fourth-order valence-electron chi connectivity index (χ4n) is 3.03. The van der Waals surface area contributed by atoms with Crippen molar-refractivity contribution in [3.8, 4) is 0 Å². The van der Waals surface area contributed by atoms with Gasteiger partial charge in [-0.15, -0.1) is 0 Å². The molecule has 0 amide bonds. The fraction of sp³-hybridized carbons (Fsp3) is 0.600. The highest BCUT2D eigenvalue weighted by Crippen LogP contribution is 2.37. The number of rotatable bonds is 4. The Morgan fingerprint density at radius 2 is 2.26 bits per heavy atom. The largest absolute Gasteiger partial charge is 0.317 e. The normalized spacial score (nSPS) is 24.6. The molecule has 0 radical (unpaired) electrons. The second kappa shape index (κ2) is 7.07. The summed E-state index contributed by atoms with van der Waals surface area (Å²) in [7, 11) is 2.23. The van der Waals surface area contributed by atoms with Crippen LogP contribution in [0.4, 0.5) is 0 Å². The first-order chi connectivity index (χ1) is 9.13. The summed E-state index contributed by atoms with van der Waals surface area (Å²) in [5, 5.41) is 4.28. The van der Waals surface area contributed by atoms with Crippen LogP contribution < -0.4 is 5.32 Å². The average Bonchev–Trinajstić information content (AvgIpc) is 2.40. The Morgan fingerprint density at radius 1 is 1.47 bits per heavy atom. The number of hydrogen-bond acceptors (Lipinski definition) is 2. The van der Waals surface area contributed by atoms with Gasteiger partial charge in [-0.25, -0.2) is 0 Å². The molecule has 1 aliphatic rings. The van der Waals surface area contributed by atoms with Crippen LogP contribution in [0.3, 0.4) is 0 Å². The van der Waals surface area contributed by atoms with Crippen molar-refractivity contribution in [3.05, 3.63) is 33.3 Å². The second-order valence-corrected chi connectivity index (χ2v) is 6.57. The maximum absolute atomic E-state index is 6.10. The Bertz CT molecular complexity index is 425. The van der Waals surface area contributed by atoms with Gasteiger partial charge in [-0.3, -0.25) is 4.90 Å². The molecule has 1 aromatic rings. The van der Waals surface area contributed by atoms with Gasteiger partial charge in [0, 0.05) is 10.5 Å². The minimum Gasteiger partial charge on any atom is -0.317 e. The number of benzene rings is 1. The van der Waals surface area contributed by atoms with E-state index < -0.39 is 0 Å². The van der Waals surface area contributed by atoms with Gasteiger partial charge in [0.2, 0.25) is 0 Å². The molecule has 2 unspecified atom stereocenters. The molecule has 1 aliphatic heterocycles. The monoisotopic (exact) mass is 344 g/mol. The van der Waals surface area contributed by atoms with Crippen LogP contribution >= 0.6 is 27.5 Å². The van der Waals surface area contributed by atoms with E-state index >= 15 is 0 Å². The molecule has 4 heteroatoms. The molecule has 0 aliphatic carbocycles. The zero-order chi connectivity index (χ0) is 13.8. The highest BCUT2D eigenvalue weighted by Gasteiger charge is 2.30. The lowest BCUT2D eigenvalue weighted by atomic mass is 9.85. The number of hydrogen-bond donors (Lipinski definition) is 1. The van der Waals surface area contributed by atoms with Crippen LogP contribution in [0.2, 0.25) is 5.02 Å². The SMILES string of the molecule is CCNCC1CCCN(C)C1c1ccc(Cl)c(Br)c1. The molecule has 1 aromatic carbocycles. The van der Waals surface area contributed by atoms with E-state index in [2.05, 4.69) is 52.3 Å². The Labute approximate surface area is 129 Å². The Morgan fingerprint density at radius 3 is 2.95 bits per heavy atom. The third-order valence-electron chi connectivity index (χ3n) is 3.95. The van der Waals surface area contributed by atoms with E-state index in [9.17, 15) is 0 Å². The molecule has 2 atom stereocenters. The Hall–Kier alpha value is -0.0900. The van der Waals surface area contributed by atoms with Crippen molar-refractivity contribution in [2.75, 3.05) is 26.7 Å². The average molecular weight is 346 g/mol. The van der Waals surface area contributed by atoms with Crippen LogP contribution in [0.1, 0.15) is 31.4 Å². The van der Waals surface area contributed by atoms with Gasteiger partial charge >= 0.3 is 0 Å².